The molecule has 1 aliphatic carbocycles. The molecule has 2 aromatic carbocycles. The van der Waals surface area contributed by atoms with Gasteiger partial charge in [0, 0.05) is 64.0 Å². The van der Waals surface area contributed by atoms with Crippen LogP contribution in [0.5, 0.6) is 5.75 Å². The summed E-state index contributed by atoms with van der Waals surface area (Å²) in [6.07, 6.45) is 6.00. The zero-order chi connectivity index (χ0) is 43.9. The van der Waals surface area contributed by atoms with Crippen LogP contribution in [0.25, 0.3) is 0 Å². The number of hydrogen-bond donors (Lipinski definition) is 3. The number of nitrogens with zero attached hydrogens (tertiary/aromatic N) is 7. The van der Waals surface area contributed by atoms with Crippen molar-refractivity contribution in [3.05, 3.63) is 59.0 Å². The number of methoxy groups -OCH3 is 1. The van der Waals surface area contributed by atoms with Crippen molar-refractivity contribution in [2.45, 2.75) is 69.4 Å². The summed E-state index contributed by atoms with van der Waals surface area (Å²) in [7, 11) is 2.63. The quantitative estimate of drug-likeness (QED) is 0.177. The van der Waals surface area contributed by atoms with E-state index in [0.717, 1.165) is 48.1 Å². The average Bonchev–Trinajstić information content (AvgIpc) is 3.87. The van der Waals surface area contributed by atoms with Crippen molar-refractivity contribution in [1.82, 2.24) is 30.0 Å². The highest BCUT2D eigenvalue weighted by Gasteiger charge is 2.49. The average molecular weight is 861 g/mol. The van der Waals surface area contributed by atoms with E-state index in [-0.39, 0.29) is 64.5 Å². The summed E-state index contributed by atoms with van der Waals surface area (Å²) in [4.78, 5) is 92.7. The minimum absolute atomic E-state index is 0.0324. The van der Waals surface area contributed by atoms with Gasteiger partial charge < -0.3 is 30.1 Å². The van der Waals surface area contributed by atoms with Crippen molar-refractivity contribution in [3.8, 4) is 5.75 Å². The maximum Gasteiger partial charge on any atom is 0.342 e. The standard InChI is InChI=1S/C42H47F3N10O7/c1-51-31-22-47-41(50-35(31)54(24-8-3-4-9-24)23-42(44,45)40(51)61)48-29-21-27(43)26(20-32(29)62-2)37(58)53-18-16-52(17-19-53)15-6-5-14-46-28-11-7-10-25-34(28)39(60)55(38(25)59)30-12-13-33(56)49-36(30)57/h7,10-11,20-22,24,30,46H,3-6,8-9,12-19,23H2,1-2H3,(H,47,48,50)(H,49,56,57). The molecule has 4 aliphatic heterocycles. The fraction of sp³-hybridized carbons (Fsp3) is 0.476. The molecule has 328 valence electrons. The number of halogens is 3. The lowest BCUT2D eigenvalue weighted by Crippen LogP contribution is -2.54. The Morgan fingerprint density at radius 1 is 0.984 bits per heavy atom. The number of aromatic nitrogens is 2. The number of fused-ring (bicyclic) bond motifs is 2. The van der Waals surface area contributed by atoms with Gasteiger partial charge in [-0.05, 0) is 56.8 Å². The van der Waals surface area contributed by atoms with Crippen molar-refractivity contribution in [2.75, 3.05) is 80.4 Å². The summed E-state index contributed by atoms with van der Waals surface area (Å²) in [6, 6.07) is 6.06. The third-order valence-corrected chi connectivity index (χ3v) is 12.2. The third-order valence-electron chi connectivity index (χ3n) is 12.2. The number of hydrogen-bond acceptors (Lipinski definition) is 13. The van der Waals surface area contributed by atoms with Crippen LogP contribution in [0.2, 0.25) is 0 Å². The van der Waals surface area contributed by atoms with Crippen molar-refractivity contribution in [3.63, 3.8) is 0 Å². The van der Waals surface area contributed by atoms with Crippen molar-refractivity contribution < 1.29 is 46.7 Å². The number of piperazine rings is 1. The molecular weight excluding hydrogens is 814 g/mol. The van der Waals surface area contributed by atoms with Crippen LogP contribution in [0, 0.1) is 5.82 Å². The number of carbonyl (C=O) groups is 6. The molecule has 1 atom stereocenters. The second kappa shape index (κ2) is 17.2. The number of piperidine rings is 1. The highest BCUT2D eigenvalue weighted by atomic mass is 19.3. The van der Waals surface area contributed by atoms with E-state index in [1.165, 1.54) is 31.3 Å². The van der Waals surface area contributed by atoms with Crippen LogP contribution >= 0.6 is 0 Å². The molecule has 5 aliphatic rings. The van der Waals surface area contributed by atoms with E-state index in [9.17, 15) is 28.8 Å². The first-order chi connectivity index (χ1) is 29.7. The molecule has 5 heterocycles. The number of alkyl halides is 2. The number of anilines is 5. The normalized spacial score (nSPS) is 20.6. The molecule has 0 bridgehead atoms. The molecule has 3 fully saturated rings. The number of benzene rings is 2. The van der Waals surface area contributed by atoms with Gasteiger partial charge in [-0.1, -0.05) is 18.9 Å². The Kier molecular flexibility index (Phi) is 11.8. The molecule has 1 aromatic heterocycles. The van der Waals surface area contributed by atoms with E-state index in [0.29, 0.717) is 51.3 Å². The molecule has 3 aromatic rings. The highest BCUT2D eigenvalue weighted by Crippen LogP contribution is 2.40. The van der Waals surface area contributed by atoms with Crippen LogP contribution < -0.4 is 30.5 Å². The molecule has 2 saturated heterocycles. The van der Waals surface area contributed by atoms with Gasteiger partial charge in [0.05, 0.1) is 42.2 Å². The number of unbranched alkanes of at least 4 members (excludes halogenated alkanes) is 1. The first kappa shape index (κ1) is 42.4. The number of imide groups is 2. The van der Waals surface area contributed by atoms with E-state index < -0.39 is 59.8 Å². The van der Waals surface area contributed by atoms with Gasteiger partial charge in [0.2, 0.25) is 17.8 Å². The maximum absolute atomic E-state index is 15.7. The summed E-state index contributed by atoms with van der Waals surface area (Å²) in [5.41, 5.74) is 0.964. The minimum Gasteiger partial charge on any atom is -0.495 e. The Bertz CT molecular complexity index is 2320. The first-order valence-electron chi connectivity index (χ1n) is 20.8. The van der Waals surface area contributed by atoms with Gasteiger partial charge in [-0.2, -0.15) is 13.8 Å². The lowest BCUT2D eigenvalue weighted by atomic mass is 10.0. The van der Waals surface area contributed by atoms with Crippen molar-refractivity contribution >= 4 is 64.3 Å². The smallest absolute Gasteiger partial charge is 0.342 e. The van der Waals surface area contributed by atoms with Gasteiger partial charge in [-0.25, -0.2) is 9.37 Å². The first-order valence-corrected chi connectivity index (χ1v) is 20.8. The van der Waals surface area contributed by atoms with Gasteiger partial charge in [0.25, 0.3) is 23.6 Å². The van der Waals surface area contributed by atoms with Crippen LogP contribution in [0.15, 0.2) is 36.5 Å². The predicted octanol–water partition coefficient (Wildman–Crippen LogP) is 3.78. The lowest BCUT2D eigenvalue weighted by Gasteiger charge is -2.35. The van der Waals surface area contributed by atoms with Crippen LogP contribution in [0.3, 0.4) is 0 Å². The molecule has 1 saturated carbocycles. The second-order valence-electron chi connectivity index (χ2n) is 16.1. The number of nitrogens with one attached hydrogen (secondary N) is 3. The van der Waals surface area contributed by atoms with Gasteiger partial charge in [0.1, 0.15) is 23.3 Å². The molecule has 20 heteroatoms. The molecule has 8 rings (SSSR count). The number of rotatable bonds is 12. The van der Waals surface area contributed by atoms with Gasteiger partial charge in [-0.15, -0.1) is 0 Å². The van der Waals surface area contributed by atoms with E-state index in [1.807, 2.05) is 0 Å². The molecule has 0 spiro atoms. The summed E-state index contributed by atoms with van der Waals surface area (Å²) < 4.78 is 51.3. The molecule has 6 amide bonds. The molecule has 1 unspecified atom stereocenters. The van der Waals surface area contributed by atoms with E-state index in [2.05, 4.69) is 30.8 Å². The van der Waals surface area contributed by atoms with E-state index >= 15 is 13.2 Å². The SMILES string of the molecule is COc1cc(C(=O)N2CCN(CCCCNc3cccc4c3C(=O)N(C3CCC(=O)NC3=O)C4=O)CC2)c(F)cc1Nc1ncc2c(n1)N(C1CCCC1)CC(F)(F)C(=O)N2C. The van der Waals surface area contributed by atoms with Gasteiger partial charge in [0.15, 0.2) is 5.82 Å². The van der Waals surface area contributed by atoms with Crippen LogP contribution in [0.1, 0.15) is 82.4 Å². The van der Waals surface area contributed by atoms with Gasteiger partial charge in [-0.3, -0.25) is 43.9 Å². The maximum atomic E-state index is 15.7. The van der Waals surface area contributed by atoms with E-state index in [1.54, 1.807) is 23.1 Å². The summed E-state index contributed by atoms with van der Waals surface area (Å²) >= 11 is 0. The lowest BCUT2D eigenvalue weighted by molar-refractivity contribution is -0.140. The summed E-state index contributed by atoms with van der Waals surface area (Å²) in [5.74, 6) is -8.28. The van der Waals surface area contributed by atoms with Crippen LogP contribution in [0.4, 0.5) is 42.0 Å². The molecule has 3 N–H and O–H groups in total. The highest BCUT2D eigenvalue weighted by molar-refractivity contribution is 6.25. The van der Waals surface area contributed by atoms with Gasteiger partial charge >= 0.3 is 5.92 Å². The molecular formula is C42H47F3N10O7. The fourth-order valence-corrected chi connectivity index (χ4v) is 8.90. The minimum atomic E-state index is -3.64. The van der Waals surface area contributed by atoms with Crippen LogP contribution in [-0.4, -0.2) is 138 Å². The monoisotopic (exact) mass is 860 g/mol. The van der Waals surface area contributed by atoms with E-state index in [4.69, 9.17) is 4.74 Å². The number of carbonyl (C=O) groups excluding carboxylic acids is 6. The summed E-state index contributed by atoms with van der Waals surface area (Å²) in [6.45, 7) is 2.28. The van der Waals surface area contributed by atoms with Crippen molar-refractivity contribution in [2.24, 2.45) is 0 Å². The Morgan fingerprint density at radius 2 is 1.74 bits per heavy atom. The predicted molar refractivity (Wildman–Crippen MR) is 219 cm³/mol. The van der Waals surface area contributed by atoms with Crippen LogP contribution in [-0.2, 0) is 14.4 Å². The number of amides is 6. The molecule has 62 heavy (non-hydrogen) atoms. The summed E-state index contributed by atoms with van der Waals surface area (Å²) in [5, 5.41) is 8.38. The fourth-order valence-electron chi connectivity index (χ4n) is 8.90. The topological polar surface area (TPSA) is 190 Å². The Hall–Kier alpha value is -6.31. The number of ether oxygens (including phenoxy) is 1. The zero-order valence-electron chi connectivity index (χ0n) is 34.3. The molecule has 17 nitrogen and oxygen atoms in total. The second-order valence-corrected chi connectivity index (χ2v) is 16.1. The largest absolute Gasteiger partial charge is 0.495 e. The van der Waals surface area contributed by atoms with Crippen molar-refractivity contribution in [1.29, 1.82) is 0 Å². The Balaban J connectivity index is 0.844. The zero-order valence-corrected chi connectivity index (χ0v) is 34.3. The Morgan fingerprint density at radius 3 is 2.47 bits per heavy atom. The molecule has 0 radical (unpaired) electrons. The third kappa shape index (κ3) is 8.10. The Labute approximate surface area is 354 Å².